The summed E-state index contributed by atoms with van der Waals surface area (Å²) >= 11 is 1.67. The average molecular weight is 453 g/mol. The molecule has 32 heavy (non-hydrogen) atoms. The first-order chi connectivity index (χ1) is 15.7. The number of nitrogens with zero attached hydrogens (tertiary/aromatic N) is 4. The van der Waals surface area contributed by atoms with E-state index in [1.165, 1.54) is 36.1 Å². The number of unbranched alkanes of at least 4 members (excludes halogenated alkanes) is 3. The predicted molar refractivity (Wildman–Crippen MR) is 137 cm³/mol. The van der Waals surface area contributed by atoms with Gasteiger partial charge in [-0.1, -0.05) is 52.2 Å². The third kappa shape index (κ3) is 7.02. The lowest BCUT2D eigenvalue weighted by atomic mass is 10.2. The molecule has 0 aliphatic heterocycles. The second kappa shape index (κ2) is 13.2. The van der Waals surface area contributed by atoms with Gasteiger partial charge in [0, 0.05) is 24.8 Å². The van der Waals surface area contributed by atoms with Crippen LogP contribution in [0.4, 0.5) is 11.4 Å². The molecule has 3 aromatic rings. The number of rotatable bonds is 14. The van der Waals surface area contributed by atoms with Gasteiger partial charge in [-0.05, 0) is 43.5 Å². The molecule has 0 atom stereocenters. The molecule has 0 saturated carbocycles. The van der Waals surface area contributed by atoms with E-state index in [9.17, 15) is 0 Å². The fourth-order valence-corrected chi connectivity index (χ4v) is 4.34. The maximum Gasteiger partial charge on any atom is 0.148 e. The first-order valence-corrected chi connectivity index (χ1v) is 12.8. The number of para-hydroxylation sites is 1. The van der Waals surface area contributed by atoms with Crippen LogP contribution in [0.2, 0.25) is 0 Å². The SMILES string of the molecule is CCCCOc1cc(N(CCCC)CCCC)ccc1N=NCc1nc2ccccc2s1. The highest BCUT2D eigenvalue weighted by molar-refractivity contribution is 7.18. The van der Waals surface area contributed by atoms with Crippen LogP contribution in [0.25, 0.3) is 10.2 Å². The zero-order valence-electron chi connectivity index (χ0n) is 19.7. The Labute approximate surface area is 196 Å². The minimum Gasteiger partial charge on any atom is -0.491 e. The van der Waals surface area contributed by atoms with Crippen molar-refractivity contribution in [3.8, 4) is 5.75 Å². The van der Waals surface area contributed by atoms with Gasteiger partial charge in [-0.25, -0.2) is 4.98 Å². The Kier molecular flexibility index (Phi) is 9.95. The van der Waals surface area contributed by atoms with Crippen molar-refractivity contribution in [1.29, 1.82) is 0 Å². The Balaban J connectivity index is 1.77. The fraction of sp³-hybridized carbons (Fsp3) is 0.500. The van der Waals surface area contributed by atoms with E-state index in [1.807, 2.05) is 24.3 Å². The lowest BCUT2D eigenvalue weighted by molar-refractivity contribution is 0.310. The molecule has 172 valence electrons. The zero-order chi connectivity index (χ0) is 22.6. The molecule has 0 unspecified atom stereocenters. The molecule has 0 spiro atoms. The molecule has 3 rings (SSSR count). The van der Waals surface area contributed by atoms with E-state index < -0.39 is 0 Å². The van der Waals surface area contributed by atoms with Crippen LogP contribution in [0, 0.1) is 0 Å². The number of hydrogen-bond donors (Lipinski definition) is 0. The minimum atomic E-state index is 0.481. The maximum absolute atomic E-state index is 6.13. The predicted octanol–water partition coefficient (Wildman–Crippen LogP) is 8.17. The Morgan fingerprint density at radius 3 is 2.41 bits per heavy atom. The fourth-order valence-electron chi connectivity index (χ4n) is 3.45. The van der Waals surface area contributed by atoms with Crippen LogP contribution < -0.4 is 9.64 Å². The van der Waals surface area contributed by atoms with E-state index in [1.54, 1.807) is 11.3 Å². The smallest absolute Gasteiger partial charge is 0.148 e. The standard InChI is InChI=1S/C26H36N4OS/c1-4-7-16-30(17-8-5-2)21-14-15-22(24(19-21)31-18-9-6-3)29-27-20-26-28-23-12-10-11-13-25(23)32-26/h10-15,19H,4-9,16-18,20H2,1-3H3. The third-order valence-electron chi connectivity index (χ3n) is 5.35. The monoisotopic (exact) mass is 452 g/mol. The van der Waals surface area contributed by atoms with Crippen molar-refractivity contribution < 1.29 is 4.74 Å². The normalized spacial score (nSPS) is 11.5. The highest BCUT2D eigenvalue weighted by Crippen LogP contribution is 2.33. The van der Waals surface area contributed by atoms with Gasteiger partial charge in [-0.3, -0.25) is 0 Å². The quantitative estimate of drug-likeness (QED) is 0.183. The third-order valence-corrected chi connectivity index (χ3v) is 6.37. The summed E-state index contributed by atoms with van der Waals surface area (Å²) in [6.45, 7) is 9.99. The van der Waals surface area contributed by atoms with Crippen molar-refractivity contribution in [2.75, 3.05) is 24.6 Å². The minimum absolute atomic E-state index is 0.481. The molecule has 0 saturated heterocycles. The second-order valence-electron chi connectivity index (χ2n) is 8.02. The molecule has 0 aliphatic carbocycles. The molecule has 0 bridgehead atoms. The molecule has 0 fully saturated rings. The molecule has 0 amide bonds. The van der Waals surface area contributed by atoms with Crippen molar-refractivity contribution in [1.82, 2.24) is 4.98 Å². The van der Waals surface area contributed by atoms with Gasteiger partial charge in [0.25, 0.3) is 0 Å². The van der Waals surface area contributed by atoms with Crippen molar-refractivity contribution in [2.24, 2.45) is 10.2 Å². The Hall–Kier alpha value is -2.47. The van der Waals surface area contributed by atoms with Gasteiger partial charge in [0.1, 0.15) is 23.0 Å². The Bertz CT molecular complexity index is 944. The average Bonchev–Trinajstić information content (AvgIpc) is 3.23. The summed E-state index contributed by atoms with van der Waals surface area (Å²) in [5, 5.41) is 9.95. The van der Waals surface area contributed by atoms with Crippen LogP contribution in [0.3, 0.4) is 0 Å². The number of hydrogen-bond acceptors (Lipinski definition) is 6. The number of aromatic nitrogens is 1. The maximum atomic E-state index is 6.13. The summed E-state index contributed by atoms with van der Waals surface area (Å²) in [6, 6.07) is 14.5. The summed E-state index contributed by atoms with van der Waals surface area (Å²) in [6.07, 6.45) is 6.91. The van der Waals surface area contributed by atoms with E-state index in [0.29, 0.717) is 13.2 Å². The van der Waals surface area contributed by atoms with E-state index in [-0.39, 0.29) is 0 Å². The van der Waals surface area contributed by atoms with Crippen LogP contribution in [0.15, 0.2) is 52.7 Å². The van der Waals surface area contributed by atoms with Gasteiger partial charge in [-0.15, -0.1) is 11.3 Å². The number of thiazole rings is 1. The summed E-state index contributed by atoms with van der Waals surface area (Å²) in [7, 11) is 0. The number of anilines is 1. The van der Waals surface area contributed by atoms with E-state index in [0.717, 1.165) is 47.9 Å². The van der Waals surface area contributed by atoms with Crippen LogP contribution >= 0.6 is 11.3 Å². The summed E-state index contributed by atoms with van der Waals surface area (Å²) in [5.74, 6) is 0.821. The number of ether oxygens (including phenoxy) is 1. The molecule has 1 heterocycles. The molecule has 2 aromatic carbocycles. The Morgan fingerprint density at radius 1 is 0.938 bits per heavy atom. The number of fused-ring (bicyclic) bond motifs is 1. The second-order valence-corrected chi connectivity index (χ2v) is 9.14. The van der Waals surface area contributed by atoms with E-state index >= 15 is 0 Å². The number of azo groups is 1. The van der Waals surface area contributed by atoms with Crippen molar-refractivity contribution in [3.63, 3.8) is 0 Å². The van der Waals surface area contributed by atoms with Crippen LogP contribution in [0.5, 0.6) is 5.75 Å². The highest BCUT2D eigenvalue weighted by atomic mass is 32.1. The van der Waals surface area contributed by atoms with Crippen LogP contribution in [-0.4, -0.2) is 24.7 Å². The van der Waals surface area contributed by atoms with Gasteiger partial charge in [-0.2, -0.15) is 10.2 Å². The molecule has 0 N–H and O–H groups in total. The van der Waals surface area contributed by atoms with Crippen molar-refractivity contribution in [2.45, 2.75) is 65.8 Å². The highest BCUT2D eigenvalue weighted by Gasteiger charge is 2.11. The first kappa shape index (κ1) is 24.2. The molecule has 5 nitrogen and oxygen atoms in total. The summed E-state index contributed by atoms with van der Waals surface area (Å²) in [4.78, 5) is 7.12. The van der Waals surface area contributed by atoms with Gasteiger partial charge in [0.05, 0.1) is 16.8 Å². The van der Waals surface area contributed by atoms with Gasteiger partial charge in [0.15, 0.2) is 0 Å². The molecule has 1 aromatic heterocycles. The number of benzene rings is 2. The molecular formula is C26H36N4OS. The van der Waals surface area contributed by atoms with Crippen LogP contribution in [0.1, 0.15) is 64.3 Å². The molecular weight excluding hydrogens is 416 g/mol. The summed E-state index contributed by atoms with van der Waals surface area (Å²) in [5.41, 5.74) is 3.02. The lowest BCUT2D eigenvalue weighted by Gasteiger charge is -2.25. The molecule has 6 heteroatoms. The molecule has 0 aliphatic rings. The van der Waals surface area contributed by atoms with Gasteiger partial charge >= 0.3 is 0 Å². The largest absolute Gasteiger partial charge is 0.491 e. The van der Waals surface area contributed by atoms with Crippen LogP contribution in [-0.2, 0) is 6.54 Å². The zero-order valence-corrected chi connectivity index (χ0v) is 20.5. The molecule has 0 radical (unpaired) electrons. The van der Waals surface area contributed by atoms with Crippen molar-refractivity contribution >= 4 is 32.9 Å². The lowest BCUT2D eigenvalue weighted by Crippen LogP contribution is -2.25. The van der Waals surface area contributed by atoms with E-state index in [2.05, 4.69) is 59.1 Å². The summed E-state index contributed by atoms with van der Waals surface area (Å²) < 4.78 is 7.32. The Morgan fingerprint density at radius 2 is 1.69 bits per heavy atom. The first-order valence-electron chi connectivity index (χ1n) is 12.0. The van der Waals surface area contributed by atoms with E-state index in [4.69, 9.17) is 4.74 Å². The van der Waals surface area contributed by atoms with Gasteiger partial charge < -0.3 is 9.64 Å². The van der Waals surface area contributed by atoms with Crippen molar-refractivity contribution in [3.05, 3.63) is 47.5 Å². The topological polar surface area (TPSA) is 50.1 Å². The van der Waals surface area contributed by atoms with Gasteiger partial charge in [0.2, 0.25) is 0 Å².